The van der Waals surface area contributed by atoms with Crippen molar-refractivity contribution in [3.8, 4) is 0 Å². The lowest BCUT2D eigenvalue weighted by Crippen LogP contribution is -2.22. The van der Waals surface area contributed by atoms with Crippen LogP contribution < -0.4 is 5.32 Å². The lowest BCUT2D eigenvalue weighted by Gasteiger charge is -2.19. The highest BCUT2D eigenvalue weighted by Gasteiger charge is 2.13. The van der Waals surface area contributed by atoms with Gasteiger partial charge in [0, 0.05) is 17.4 Å². The molecule has 2 aromatic rings. The van der Waals surface area contributed by atoms with Crippen LogP contribution in [-0.4, -0.2) is 11.5 Å². The summed E-state index contributed by atoms with van der Waals surface area (Å²) >= 11 is 6.21. The summed E-state index contributed by atoms with van der Waals surface area (Å²) in [7, 11) is 0. The summed E-state index contributed by atoms with van der Waals surface area (Å²) in [6.45, 7) is 5.02. The topological polar surface area (TPSA) is 24.9 Å². The van der Waals surface area contributed by atoms with Gasteiger partial charge in [0.25, 0.3) is 0 Å². The molecule has 0 amide bonds. The van der Waals surface area contributed by atoms with Crippen LogP contribution in [0.1, 0.15) is 29.7 Å². The highest BCUT2D eigenvalue weighted by atomic mass is 35.5. The number of pyridine rings is 1. The molecule has 1 aromatic heterocycles. The van der Waals surface area contributed by atoms with Gasteiger partial charge in [-0.15, -0.1) is 0 Å². The van der Waals surface area contributed by atoms with Crippen LogP contribution in [0.2, 0.25) is 5.02 Å². The lowest BCUT2D eigenvalue weighted by molar-refractivity contribution is 0.630. The quantitative estimate of drug-likeness (QED) is 0.906. The Morgan fingerprint density at radius 2 is 1.89 bits per heavy atom. The van der Waals surface area contributed by atoms with Gasteiger partial charge in [0.15, 0.2) is 0 Å². The average Bonchev–Trinajstić information content (AvgIpc) is 2.40. The van der Waals surface area contributed by atoms with Crippen LogP contribution in [0.25, 0.3) is 0 Å². The van der Waals surface area contributed by atoms with E-state index < -0.39 is 0 Å². The van der Waals surface area contributed by atoms with Crippen molar-refractivity contribution in [2.24, 2.45) is 0 Å². The van der Waals surface area contributed by atoms with Crippen molar-refractivity contribution in [3.05, 3.63) is 64.4 Å². The molecular weight excluding hydrogens is 244 g/mol. The van der Waals surface area contributed by atoms with Crippen molar-refractivity contribution < 1.29 is 0 Å². The van der Waals surface area contributed by atoms with E-state index in [4.69, 9.17) is 11.6 Å². The molecule has 0 saturated carbocycles. The molecule has 0 spiro atoms. The van der Waals surface area contributed by atoms with Gasteiger partial charge in [0.2, 0.25) is 0 Å². The van der Waals surface area contributed by atoms with Crippen molar-refractivity contribution in [2.45, 2.75) is 19.9 Å². The van der Waals surface area contributed by atoms with Crippen LogP contribution in [-0.2, 0) is 0 Å². The van der Waals surface area contributed by atoms with E-state index in [0.717, 1.165) is 17.1 Å². The summed E-state index contributed by atoms with van der Waals surface area (Å²) < 4.78 is 0. The SMILES string of the molecule is CCNC(c1ccncc1)c1ccc(C)c(Cl)c1. The Labute approximate surface area is 113 Å². The van der Waals surface area contributed by atoms with Crippen molar-refractivity contribution in [3.63, 3.8) is 0 Å². The summed E-state index contributed by atoms with van der Waals surface area (Å²) in [6.07, 6.45) is 3.63. The summed E-state index contributed by atoms with van der Waals surface area (Å²) in [4.78, 5) is 4.06. The molecule has 1 heterocycles. The number of nitrogens with zero attached hydrogens (tertiary/aromatic N) is 1. The van der Waals surface area contributed by atoms with Gasteiger partial charge in [-0.3, -0.25) is 4.98 Å². The zero-order valence-electron chi connectivity index (χ0n) is 10.7. The van der Waals surface area contributed by atoms with Crippen LogP contribution in [0.3, 0.4) is 0 Å². The highest BCUT2D eigenvalue weighted by molar-refractivity contribution is 6.31. The minimum Gasteiger partial charge on any atom is -0.307 e. The average molecular weight is 261 g/mol. The third-order valence-electron chi connectivity index (χ3n) is 2.98. The van der Waals surface area contributed by atoms with Crippen LogP contribution in [0.4, 0.5) is 0 Å². The first-order valence-electron chi connectivity index (χ1n) is 6.11. The molecule has 0 fully saturated rings. The zero-order valence-corrected chi connectivity index (χ0v) is 11.4. The van der Waals surface area contributed by atoms with E-state index in [1.54, 1.807) is 0 Å². The van der Waals surface area contributed by atoms with Gasteiger partial charge in [-0.2, -0.15) is 0 Å². The first-order valence-corrected chi connectivity index (χ1v) is 6.49. The van der Waals surface area contributed by atoms with Crippen LogP contribution in [0.15, 0.2) is 42.7 Å². The molecule has 2 rings (SSSR count). The molecule has 0 radical (unpaired) electrons. The first-order chi connectivity index (χ1) is 8.72. The molecule has 1 unspecified atom stereocenters. The van der Waals surface area contributed by atoms with Gasteiger partial charge in [0.05, 0.1) is 6.04 Å². The fourth-order valence-corrected chi connectivity index (χ4v) is 2.17. The normalized spacial score (nSPS) is 12.4. The largest absolute Gasteiger partial charge is 0.307 e. The van der Waals surface area contributed by atoms with E-state index >= 15 is 0 Å². The molecule has 18 heavy (non-hydrogen) atoms. The number of hydrogen-bond donors (Lipinski definition) is 1. The number of rotatable bonds is 4. The molecule has 0 aliphatic heterocycles. The Balaban J connectivity index is 2.38. The van der Waals surface area contributed by atoms with Crippen LogP contribution in [0, 0.1) is 6.92 Å². The minimum absolute atomic E-state index is 0.163. The maximum atomic E-state index is 6.21. The number of aryl methyl sites for hydroxylation is 1. The maximum absolute atomic E-state index is 6.21. The standard InChI is InChI=1S/C15H17ClN2/c1-3-18-15(12-6-8-17-9-7-12)13-5-4-11(2)14(16)10-13/h4-10,15,18H,3H2,1-2H3. The number of nitrogens with one attached hydrogen (secondary N) is 1. The Bertz CT molecular complexity index is 511. The fraction of sp³-hybridized carbons (Fsp3) is 0.267. The van der Waals surface area contributed by atoms with Gasteiger partial charge >= 0.3 is 0 Å². The second kappa shape index (κ2) is 5.98. The maximum Gasteiger partial charge on any atom is 0.0578 e. The first kappa shape index (κ1) is 13.1. The van der Waals surface area contributed by atoms with Gasteiger partial charge in [-0.1, -0.05) is 30.7 Å². The fourth-order valence-electron chi connectivity index (χ4n) is 1.98. The molecule has 2 nitrogen and oxygen atoms in total. The summed E-state index contributed by atoms with van der Waals surface area (Å²) in [5.41, 5.74) is 3.48. The lowest BCUT2D eigenvalue weighted by atomic mass is 9.98. The monoisotopic (exact) mass is 260 g/mol. The highest BCUT2D eigenvalue weighted by Crippen LogP contribution is 2.25. The van der Waals surface area contributed by atoms with E-state index in [1.165, 1.54) is 11.1 Å². The van der Waals surface area contributed by atoms with Gasteiger partial charge in [-0.05, 0) is 48.4 Å². The number of benzene rings is 1. The number of hydrogen-bond acceptors (Lipinski definition) is 2. The van der Waals surface area contributed by atoms with Gasteiger partial charge in [-0.25, -0.2) is 0 Å². The second-order valence-electron chi connectivity index (χ2n) is 4.28. The molecule has 0 saturated heterocycles. The minimum atomic E-state index is 0.163. The van der Waals surface area contributed by atoms with E-state index in [0.29, 0.717) is 0 Å². The molecule has 94 valence electrons. The van der Waals surface area contributed by atoms with Gasteiger partial charge in [0.1, 0.15) is 0 Å². The van der Waals surface area contributed by atoms with Crippen molar-refractivity contribution in [1.29, 1.82) is 0 Å². The molecule has 0 bridgehead atoms. The third-order valence-corrected chi connectivity index (χ3v) is 3.38. The molecule has 1 N–H and O–H groups in total. The Kier molecular flexibility index (Phi) is 4.34. The van der Waals surface area contributed by atoms with Crippen LogP contribution in [0.5, 0.6) is 0 Å². The second-order valence-corrected chi connectivity index (χ2v) is 4.69. The predicted molar refractivity (Wildman–Crippen MR) is 75.9 cm³/mol. The number of aromatic nitrogens is 1. The third kappa shape index (κ3) is 2.89. The Morgan fingerprint density at radius 1 is 1.17 bits per heavy atom. The molecule has 0 aliphatic carbocycles. The van der Waals surface area contributed by atoms with Crippen LogP contribution >= 0.6 is 11.6 Å². The molecule has 0 aliphatic rings. The zero-order chi connectivity index (χ0) is 13.0. The van der Waals surface area contributed by atoms with Crippen molar-refractivity contribution >= 4 is 11.6 Å². The summed E-state index contributed by atoms with van der Waals surface area (Å²) in [5.74, 6) is 0. The van der Waals surface area contributed by atoms with Crippen molar-refractivity contribution in [2.75, 3.05) is 6.54 Å². The molecule has 1 atom stereocenters. The molecular formula is C15H17ClN2. The molecule has 1 aromatic carbocycles. The number of halogens is 1. The predicted octanol–water partition coefficient (Wildman–Crippen LogP) is 3.74. The van der Waals surface area contributed by atoms with E-state index in [9.17, 15) is 0 Å². The van der Waals surface area contributed by atoms with E-state index in [-0.39, 0.29) is 6.04 Å². The molecule has 3 heteroatoms. The Morgan fingerprint density at radius 3 is 2.50 bits per heavy atom. The Hall–Kier alpha value is -1.38. The van der Waals surface area contributed by atoms with E-state index in [1.807, 2.05) is 37.5 Å². The smallest absolute Gasteiger partial charge is 0.0578 e. The van der Waals surface area contributed by atoms with Crippen molar-refractivity contribution in [1.82, 2.24) is 10.3 Å². The summed E-state index contributed by atoms with van der Waals surface area (Å²) in [5, 5.41) is 4.29. The summed E-state index contributed by atoms with van der Waals surface area (Å²) in [6, 6.07) is 10.4. The van der Waals surface area contributed by atoms with E-state index in [2.05, 4.69) is 29.4 Å². The van der Waals surface area contributed by atoms with Gasteiger partial charge < -0.3 is 5.32 Å².